The molecule has 1 aliphatic heterocycles. The van der Waals surface area contributed by atoms with Gasteiger partial charge in [-0.3, -0.25) is 14.5 Å². The van der Waals surface area contributed by atoms with Crippen LogP contribution in [0.1, 0.15) is 48.3 Å². The summed E-state index contributed by atoms with van der Waals surface area (Å²) in [6, 6.07) is 24.0. The Labute approximate surface area is 247 Å². The quantitative estimate of drug-likeness (QED) is 0.297. The third kappa shape index (κ3) is 5.12. The van der Waals surface area contributed by atoms with Gasteiger partial charge in [0.05, 0.1) is 27.4 Å². The van der Waals surface area contributed by atoms with E-state index in [4.69, 9.17) is 18.9 Å². The van der Waals surface area contributed by atoms with Gasteiger partial charge in [0.15, 0.2) is 23.0 Å². The third-order valence-electron chi connectivity index (χ3n) is 8.99. The van der Waals surface area contributed by atoms with E-state index in [1.807, 2.05) is 72.8 Å². The molecule has 4 atom stereocenters. The Kier molecular flexibility index (Phi) is 7.88. The zero-order chi connectivity index (χ0) is 29.3. The molecule has 2 unspecified atom stereocenters. The van der Waals surface area contributed by atoms with E-state index in [1.54, 1.807) is 21.1 Å². The molecule has 3 aromatic rings. The maximum atomic E-state index is 13.5. The third-order valence-corrected chi connectivity index (χ3v) is 8.99. The van der Waals surface area contributed by atoms with E-state index in [0.717, 1.165) is 28.7 Å². The number of carbonyl (C=O) groups is 2. The van der Waals surface area contributed by atoms with Gasteiger partial charge in [0.1, 0.15) is 5.78 Å². The number of methoxy groups -OCH3 is 2. The van der Waals surface area contributed by atoms with Crippen molar-refractivity contribution in [3.8, 4) is 11.5 Å². The van der Waals surface area contributed by atoms with Crippen molar-refractivity contribution in [1.29, 1.82) is 0 Å². The predicted molar refractivity (Wildman–Crippen MR) is 158 cm³/mol. The maximum absolute atomic E-state index is 13.5. The first kappa shape index (κ1) is 28.2. The van der Waals surface area contributed by atoms with Crippen molar-refractivity contribution >= 4 is 11.6 Å². The minimum atomic E-state index is -0.707. The lowest BCUT2D eigenvalue weighted by atomic mass is 9.53. The Hall–Kier alpha value is -3.94. The lowest BCUT2D eigenvalue weighted by Crippen LogP contribution is -2.62. The fourth-order valence-corrected chi connectivity index (χ4v) is 7.16. The summed E-state index contributed by atoms with van der Waals surface area (Å²) in [4.78, 5) is 27.9. The summed E-state index contributed by atoms with van der Waals surface area (Å²) in [5.74, 6) is 1.70. The molecule has 0 N–H and O–H groups in total. The van der Waals surface area contributed by atoms with Crippen molar-refractivity contribution in [2.45, 2.75) is 50.5 Å². The molecule has 0 radical (unpaired) electrons. The minimum absolute atomic E-state index is 0.0194. The highest BCUT2D eigenvalue weighted by atomic mass is 16.7. The molecule has 1 saturated heterocycles. The SMILES string of the molecule is COC1=CC2[C@@H]3Cc4ccc(OC)c(OC(OCc5ccccc5)c5ccccc5)c4[C@]2(CCN3CC(C)=O)CC1=O. The van der Waals surface area contributed by atoms with Gasteiger partial charge in [-0.25, -0.2) is 0 Å². The molecule has 218 valence electrons. The number of carbonyl (C=O) groups excluding carboxylic acids is 2. The minimum Gasteiger partial charge on any atom is -0.493 e. The molecule has 42 heavy (non-hydrogen) atoms. The molecule has 1 fully saturated rings. The van der Waals surface area contributed by atoms with Gasteiger partial charge >= 0.3 is 0 Å². The van der Waals surface area contributed by atoms with Crippen molar-refractivity contribution in [2.75, 3.05) is 27.3 Å². The van der Waals surface area contributed by atoms with Gasteiger partial charge in [0.25, 0.3) is 0 Å². The zero-order valence-corrected chi connectivity index (χ0v) is 24.4. The average molecular weight is 568 g/mol. The van der Waals surface area contributed by atoms with Crippen molar-refractivity contribution < 1.29 is 28.5 Å². The first-order valence-electron chi connectivity index (χ1n) is 14.5. The number of ether oxygens (including phenoxy) is 4. The molecule has 0 amide bonds. The molecule has 2 bridgehead atoms. The summed E-state index contributed by atoms with van der Waals surface area (Å²) in [5, 5.41) is 0. The number of nitrogens with zero attached hydrogens (tertiary/aromatic N) is 1. The van der Waals surface area contributed by atoms with E-state index in [9.17, 15) is 9.59 Å². The van der Waals surface area contributed by atoms with Gasteiger partial charge in [-0.1, -0.05) is 66.7 Å². The normalized spacial score (nSPS) is 23.7. The molecule has 7 nitrogen and oxygen atoms in total. The first-order chi connectivity index (χ1) is 20.4. The average Bonchev–Trinajstić information content (AvgIpc) is 3.00. The number of benzene rings is 3. The second kappa shape index (κ2) is 11.7. The number of rotatable bonds is 10. The number of hydrogen-bond acceptors (Lipinski definition) is 7. The topological polar surface area (TPSA) is 74.3 Å². The molecule has 0 aromatic heterocycles. The van der Waals surface area contributed by atoms with Gasteiger partial charge in [-0.05, 0) is 49.6 Å². The number of piperidine rings is 1. The standard InChI is InChI=1S/C35H37NO6/c1-23(37)21-36-17-16-35-20-29(38)31(40-3)19-27(35)28(36)18-26-14-15-30(39-2)33(32(26)35)42-34(25-12-8-5-9-13-25)41-22-24-10-6-4-7-11-24/h4-15,19,27-28,34H,16-18,20-22H2,1-3H3/t27?,28-,34?,35+/m0/s1. The molecular formula is C35H37NO6. The van der Waals surface area contributed by atoms with Crippen molar-refractivity contribution in [3.63, 3.8) is 0 Å². The summed E-state index contributed by atoms with van der Waals surface area (Å²) in [7, 11) is 3.19. The van der Waals surface area contributed by atoms with Gasteiger partial charge in [-0.2, -0.15) is 0 Å². The Morgan fingerprint density at radius 3 is 2.43 bits per heavy atom. The molecule has 1 heterocycles. The Morgan fingerprint density at radius 2 is 1.74 bits per heavy atom. The van der Waals surface area contributed by atoms with Gasteiger partial charge in [0, 0.05) is 34.9 Å². The van der Waals surface area contributed by atoms with Crippen molar-refractivity contribution in [2.24, 2.45) is 5.92 Å². The molecule has 7 heteroatoms. The first-order valence-corrected chi connectivity index (χ1v) is 14.5. The molecule has 2 aliphatic carbocycles. The zero-order valence-electron chi connectivity index (χ0n) is 24.4. The summed E-state index contributed by atoms with van der Waals surface area (Å²) in [6.45, 7) is 3.11. The molecular weight excluding hydrogens is 530 g/mol. The Morgan fingerprint density at radius 1 is 1.00 bits per heavy atom. The van der Waals surface area contributed by atoms with Crippen LogP contribution in [0.2, 0.25) is 0 Å². The maximum Gasteiger partial charge on any atom is 0.227 e. The van der Waals surface area contributed by atoms with Crippen LogP contribution in [0.4, 0.5) is 0 Å². The number of fused-ring (bicyclic) bond motifs is 1. The van der Waals surface area contributed by atoms with Gasteiger partial charge < -0.3 is 18.9 Å². The fourth-order valence-electron chi connectivity index (χ4n) is 7.16. The second-order valence-corrected chi connectivity index (χ2v) is 11.5. The van der Waals surface area contributed by atoms with E-state index in [-0.39, 0.29) is 23.5 Å². The van der Waals surface area contributed by atoms with Crippen LogP contribution < -0.4 is 9.47 Å². The van der Waals surface area contributed by atoms with E-state index in [1.165, 1.54) is 0 Å². The van der Waals surface area contributed by atoms with Crippen LogP contribution in [-0.2, 0) is 37.5 Å². The number of Topliss-reactive ketones (excluding diaryl/α,β-unsaturated/α-hetero) is 2. The Bertz CT molecular complexity index is 1490. The highest BCUT2D eigenvalue weighted by molar-refractivity contribution is 5.96. The summed E-state index contributed by atoms with van der Waals surface area (Å²) >= 11 is 0. The van der Waals surface area contributed by atoms with Crippen LogP contribution in [0, 0.1) is 5.92 Å². The highest BCUT2D eigenvalue weighted by Crippen LogP contribution is 2.58. The van der Waals surface area contributed by atoms with Crippen molar-refractivity contribution in [1.82, 2.24) is 4.90 Å². The molecule has 3 aromatic carbocycles. The monoisotopic (exact) mass is 567 g/mol. The smallest absolute Gasteiger partial charge is 0.227 e. The number of hydrogen-bond donors (Lipinski definition) is 0. The molecule has 0 saturated carbocycles. The van der Waals surface area contributed by atoms with E-state index in [2.05, 4.69) is 11.0 Å². The highest BCUT2D eigenvalue weighted by Gasteiger charge is 2.57. The second-order valence-electron chi connectivity index (χ2n) is 11.5. The van der Waals surface area contributed by atoms with Crippen LogP contribution in [0.15, 0.2) is 84.6 Å². The number of allylic oxidation sites excluding steroid dienone is 1. The van der Waals surface area contributed by atoms with Crippen LogP contribution >= 0.6 is 0 Å². The van der Waals surface area contributed by atoms with Crippen LogP contribution in [0.3, 0.4) is 0 Å². The summed E-state index contributed by atoms with van der Waals surface area (Å²) in [5.41, 5.74) is 3.52. The Balaban J connectivity index is 1.46. The van der Waals surface area contributed by atoms with Crippen molar-refractivity contribution in [3.05, 3.63) is 107 Å². The summed E-state index contributed by atoms with van der Waals surface area (Å²) < 4.78 is 24.8. The van der Waals surface area contributed by atoms with E-state index >= 15 is 0 Å². The molecule has 0 spiro atoms. The van der Waals surface area contributed by atoms with Crippen LogP contribution in [0.5, 0.6) is 11.5 Å². The fraction of sp³-hybridized carbons (Fsp3) is 0.371. The lowest BCUT2D eigenvalue weighted by Gasteiger charge is -2.57. The van der Waals surface area contributed by atoms with Crippen LogP contribution in [0.25, 0.3) is 0 Å². The van der Waals surface area contributed by atoms with Gasteiger partial charge in [0.2, 0.25) is 6.29 Å². The van der Waals surface area contributed by atoms with Gasteiger partial charge in [-0.15, -0.1) is 0 Å². The largest absolute Gasteiger partial charge is 0.493 e. The predicted octanol–water partition coefficient (Wildman–Crippen LogP) is 5.57. The number of likely N-dealkylation sites (tertiary alicyclic amines) is 1. The molecule has 3 aliphatic rings. The summed E-state index contributed by atoms with van der Waals surface area (Å²) in [6.07, 6.45) is 3.02. The number of ketones is 2. The molecule has 6 rings (SSSR count). The van der Waals surface area contributed by atoms with Crippen LogP contribution in [-0.4, -0.2) is 49.8 Å². The van der Waals surface area contributed by atoms with E-state index in [0.29, 0.717) is 49.8 Å². The lowest BCUT2D eigenvalue weighted by molar-refractivity contribution is -0.125. The van der Waals surface area contributed by atoms with E-state index < -0.39 is 11.7 Å².